The van der Waals surface area contributed by atoms with E-state index in [9.17, 15) is 9.59 Å². The van der Waals surface area contributed by atoms with Gasteiger partial charge in [-0.1, -0.05) is 0 Å². The lowest BCUT2D eigenvalue weighted by Gasteiger charge is -2.34. The van der Waals surface area contributed by atoms with E-state index >= 15 is 0 Å². The van der Waals surface area contributed by atoms with Gasteiger partial charge in [-0.15, -0.1) is 0 Å². The van der Waals surface area contributed by atoms with Gasteiger partial charge in [-0.05, 0) is 39.7 Å². The molecule has 0 amide bonds. The molecule has 0 aromatic heterocycles. The highest BCUT2D eigenvalue weighted by Crippen LogP contribution is 2.19. The van der Waals surface area contributed by atoms with Crippen molar-refractivity contribution in [3.8, 4) is 0 Å². The van der Waals surface area contributed by atoms with Gasteiger partial charge in [0.1, 0.15) is 0 Å². The van der Waals surface area contributed by atoms with Gasteiger partial charge in [-0.2, -0.15) is 0 Å². The summed E-state index contributed by atoms with van der Waals surface area (Å²) in [6.45, 7) is 12.6. The second-order valence-corrected chi connectivity index (χ2v) is 16.1. The summed E-state index contributed by atoms with van der Waals surface area (Å²) in [7, 11) is -7.83. The third-order valence-corrected chi connectivity index (χ3v) is 10.3. The second-order valence-electron chi connectivity index (χ2n) is 5.41. The molecule has 8 heteroatoms. The molecule has 2 N–H and O–H groups in total. The molecule has 0 saturated carbocycles. The van der Waals surface area contributed by atoms with E-state index in [1.807, 2.05) is 20.0 Å². The molecule has 0 aliphatic carbocycles. The van der Waals surface area contributed by atoms with Crippen LogP contribution in [0.5, 0.6) is 0 Å². The average molecular weight is 299 g/mol. The lowest BCUT2D eigenvalue weighted by atomic mass is 10.8. The summed E-state index contributed by atoms with van der Waals surface area (Å²) >= 11 is 0. The summed E-state index contributed by atoms with van der Waals surface area (Å²) in [5.41, 5.74) is 0. The van der Waals surface area contributed by atoms with E-state index in [2.05, 4.69) is 19.6 Å². The SMILES string of the molecule is CCOCC[Si](O)(O)O[Si](C)(C)O[Si](C)(C)C. The molecule has 0 spiro atoms. The Morgan fingerprint density at radius 1 is 0.941 bits per heavy atom. The minimum absolute atomic E-state index is 0.159. The molecule has 0 bridgehead atoms. The van der Waals surface area contributed by atoms with Crippen LogP contribution in [0.25, 0.3) is 0 Å². The van der Waals surface area contributed by atoms with Crippen LogP contribution in [0.2, 0.25) is 38.8 Å². The van der Waals surface area contributed by atoms with Gasteiger partial charge in [0.25, 0.3) is 0 Å². The van der Waals surface area contributed by atoms with Gasteiger partial charge in [-0.3, -0.25) is 0 Å². The first-order valence-corrected chi connectivity index (χ1v) is 14.1. The second kappa shape index (κ2) is 6.57. The summed E-state index contributed by atoms with van der Waals surface area (Å²) in [4.78, 5) is 19.7. The Morgan fingerprint density at radius 3 is 1.88 bits per heavy atom. The van der Waals surface area contributed by atoms with Crippen molar-refractivity contribution in [1.29, 1.82) is 0 Å². The maximum atomic E-state index is 9.84. The highest BCUT2D eigenvalue weighted by Gasteiger charge is 2.42. The highest BCUT2D eigenvalue weighted by molar-refractivity contribution is 6.84. The van der Waals surface area contributed by atoms with Crippen LogP contribution < -0.4 is 0 Å². The molecule has 0 aliphatic rings. The monoisotopic (exact) mass is 298 g/mol. The number of rotatable bonds is 8. The zero-order valence-electron chi connectivity index (χ0n) is 11.7. The first kappa shape index (κ1) is 17.5. The number of hydrogen-bond donors (Lipinski definition) is 2. The molecular weight excluding hydrogens is 272 g/mol. The van der Waals surface area contributed by atoms with Crippen molar-refractivity contribution in [2.75, 3.05) is 13.2 Å². The minimum Gasteiger partial charge on any atom is -0.437 e. The Morgan fingerprint density at radius 2 is 1.47 bits per heavy atom. The predicted octanol–water partition coefficient (Wildman–Crippen LogP) is 1.52. The van der Waals surface area contributed by atoms with Gasteiger partial charge >= 0.3 is 17.4 Å². The predicted molar refractivity (Wildman–Crippen MR) is 74.5 cm³/mol. The molecular formula is C9H26O5Si3. The Kier molecular flexibility index (Phi) is 6.74. The first-order chi connectivity index (χ1) is 7.47. The third-order valence-electron chi connectivity index (χ3n) is 1.74. The molecule has 0 radical (unpaired) electrons. The van der Waals surface area contributed by atoms with E-state index in [-0.39, 0.29) is 6.04 Å². The van der Waals surface area contributed by atoms with Crippen molar-refractivity contribution in [2.24, 2.45) is 0 Å². The van der Waals surface area contributed by atoms with E-state index in [4.69, 9.17) is 13.0 Å². The average Bonchev–Trinajstić information content (AvgIpc) is 1.96. The molecule has 0 saturated heterocycles. The van der Waals surface area contributed by atoms with Crippen LogP contribution in [0, 0.1) is 0 Å². The first-order valence-electron chi connectivity index (χ1n) is 5.90. The molecule has 104 valence electrons. The maximum absolute atomic E-state index is 9.84. The number of hydrogen-bond acceptors (Lipinski definition) is 5. The molecule has 0 aromatic rings. The fraction of sp³-hybridized carbons (Fsp3) is 1.00. The summed E-state index contributed by atoms with van der Waals surface area (Å²) in [6, 6.07) is 0.159. The lowest BCUT2D eigenvalue weighted by molar-refractivity contribution is 0.139. The van der Waals surface area contributed by atoms with Crippen LogP contribution in [0.15, 0.2) is 0 Å². The maximum Gasteiger partial charge on any atom is 0.488 e. The molecule has 0 aliphatic heterocycles. The zero-order valence-corrected chi connectivity index (χ0v) is 14.7. The van der Waals surface area contributed by atoms with Gasteiger partial charge in [-0.25, -0.2) is 0 Å². The topological polar surface area (TPSA) is 68.2 Å². The van der Waals surface area contributed by atoms with Crippen molar-refractivity contribution in [1.82, 2.24) is 0 Å². The largest absolute Gasteiger partial charge is 0.488 e. The fourth-order valence-corrected chi connectivity index (χ4v) is 12.0. The molecule has 5 nitrogen and oxygen atoms in total. The van der Waals surface area contributed by atoms with Crippen LogP contribution in [0.4, 0.5) is 0 Å². The van der Waals surface area contributed by atoms with E-state index in [1.165, 1.54) is 0 Å². The summed E-state index contributed by atoms with van der Waals surface area (Å²) in [5.74, 6) is 0. The van der Waals surface area contributed by atoms with Crippen LogP contribution in [0.1, 0.15) is 6.92 Å². The molecule has 17 heavy (non-hydrogen) atoms. The standard InChI is InChI=1S/C9H26O5Si3/c1-7-12-8-9-17(10,11)14-16(5,6)13-15(2,3)4/h10-11H,7-9H2,1-6H3. The Bertz CT molecular complexity index is 227. The highest BCUT2D eigenvalue weighted by atomic mass is 28.5. The van der Waals surface area contributed by atoms with Crippen molar-refractivity contribution in [2.45, 2.75) is 45.7 Å². The van der Waals surface area contributed by atoms with E-state index in [1.54, 1.807) is 0 Å². The fourth-order valence-electron chi connectivity index (χ4n) is 1.55. The molecule has 0 aromatic carbocycles. The third kappa shape index (κ3) is 10.1. The van der Waals surface area contributed by atoms with E-state index in [0.717, 1.165) is 0 Å². The minimum atomic E-state index is -3.64. The Hall–Kier alpha value is 0.451. The molecule has 0 unspecified atom stereocenters. The van der Waals surface area contributed by atoms with Crippen LogP contribution >= 0.6 is 0 Å². The summed E-state index contributed by atoms with van der Waals surface area (Å²) in [5, 5.41) is 0. The van der Waals surface area contributed by atoms with Crippen LogP contribution in [0.3, 0.4) is 0 Å². The quantitative estimate of drug-likeness (QED) is 0.525. The van der Waals surface area contributed by atoms with Gasteiger partial charge < -0.3 is 22.6 Å². The van der Waals surface area contributed by atoms with Gasteiger partial charge in [0, 0.05) is 12.7 Å². The van der Waals surface area contributed by atoms with Crippen molar-refractivity contribution in [3.05, 3.63) is 0 Å². The number of ether oxygens (including phenoxy) is 1. The molecule has 0 heterocycles. The Labute approximate surface area is 107 Å². The lowest BCUT2D eigenvalue weighted by Crippen LogP contribution is -2.54. The van der Waals surface area contributed by atoms with Gasteiger partial charge in [0.2, 0.25) is 0 Å². The molecule has 0 atom stereocenters. The van der Waals surface area contributed by atoms with Gasteiger partial charge in [0.15, 0.2) is 8.32 Å². The smallest absolute Gasteiger partial charge is 0.437 e. The Balaban J connectivity index is 4.27. The van der Waals surface area contributed by atoms with E-state index < -0.39 is 25.7 Å². The van der Waals surface area contributed by atoms with Crippen molar-refractivity contribution >= 4 is 25.7 Å². The van der Waals surface area contributed by atoms with Crippen LogP contribution in [-0.2, 0) is 13.0 Å². The summed E-state index contributed by atoms with van der Waals surface area (Å²) in [6.07, 6.45) is 0. The van der Waals surface area contributed by atoms with Crippen LogP contribution in [-0.4, -0.2) is 48.5 Å². The van der Waals surface area contributed by atoms with Gasteiger partial charge in [0.05, 0.1) is 6.61 Å². The molecule has 0 rings (SSSR count). The molecule has 0 fully saturated rings. The van der Waals surface area contributed by atoms with Crippen molar-refractivity contribution < 1.29 is 22.6 Å². The normalized spacial score (nSPS) is 14.1. The van der Waals surface area contributed by atoms with Crippen molar-refractivity contribution in [3.63, 3.8) is 0 Å². The summed E-state index contributed by atoms with van der Waals surface area (Å²) < 4.78 is 16.5. The van der Waals surface area contributed by atoms with E-state index in [0.29, 0.717) is 13.2 Å². The zero-order chi connectivity index (χ0) is 13.7.